The first kappa shape index (κ1) is 14.5. The normalized spacial score (nSPS) is 12.2. The highest BCUT2D eigenvalue weighted by Crippen LogP contribution is 2.29. The lowest BCUT2D eigenvalue weighted by molar-refractivity contribution is -0.137. The molecule has 0 unspecified atom stereocenters. The molecule has 1 aromatic carbocycles. The first-order chi connectivity index (χ1) is 8.16. The van der Waals surface area contributed by atoms with E-state index in [-0.39, 0.29) is 6.42 Å². The van der Waals surface area contributed by atoms with E-state index in [1.54, 1.807) is 4.72 Å². The Kier molecular flexibility index (Phi) is 4.00. The molecule has 18 heavy (non-hydrogen) atoms. The van der Waals surface area contributed by atoms with Crippen LogP contribution in [0.3, 0.4) is 0 Å². The molecule has 0 radical (unpaired) electrons. The Balaban J connectivity index is 3.02. The molecule has 8 heteroatoms. The molecule has 1 N–H and O–H groups in total. The van der Waals surface area contributed by atoms with Crippen LogP contribution in [0.1, 0.15) is 18.9 Å². The highest BCUT2D eigenvalue weighted by Gasteiger charge is 2.30. The molecule has 0 fully saturated rings. The maximum atomic E-state index is 12.3. The van der Waals surface area contributed by atoms with Crippen LogP contribution < -0.4 is 4.72 Å². The fourth-order valence-electron chi connectivity index (χ4n) is 1.10. The van der Waals surface area contributed by atoms with E-state index in [4.69, 9.17) is 0 Å². The molecule has 100 valence electrons. The smallest absolute Gasteiger partial charge is 0.274 e. The summed E-state index contributed by atoms with van der Waals surface area (Å²) in [7, 11) is -4.10. The molecule has 0 aliphatic rings. The van der Waals surface area contributed by atoms with Gasteiger partial charge < -0.3 is 0 Å². The Morgan fingerprint density at radius 3 is 2.11 bits per heavy atom. The van der Waals surface area contributed by atoms with Gasteiger partial charge in [0.25, 0.3) is 10.0 Å². The van der Waals surface area contributed by atoms with Crippen LogP contribution >= 0.6 is 0 Å². The van der Waals surface area contributed by atoms with Gasteiger partial charge in [-0.2, -0.15) is 13.2 Å². The molecule has 0 atom stereocenters. The number of hydrogen-bond acceptors (Lipinski definition) is 3. The van der Waals surface area contributed by atoms with Crippen LogP contribution in [0.25, 0.3) is 0 Å². The summed E-state index contributed by atoms with van der Waals surface area (Å²) in [6, 6.07) is 2.89. The van der Waals surface area contributed by atoms with E-state index in [0.29, 0.717) is 12.1 Å². The maximum Gasteiger partial charge on any atom is 0.416 e. The van der Waals surface area contributed by atoms with Gasteiger partial charge in [0.2, 0.25) is 5.91 Å². The van der Waals surface area contributed by atoms with Gasteiger partial charge in [0, 0.05) is 6.42 Å². The van der Waals surface area contributed by atoms with Crippen molar-refractivity contribution in [3.8, 4) is 0 Å². The van der Waals surface area contributed by atoms with Gasteiger partial charge in [0.1, 0.15) is 0 Å². The van der Waals surface area contributed by atoms with Crippen molar-refractivity contribution in [2.75, 3.05) is 0 Å². The van der Waals surface area contributed by atoms with E-state index < -0.39 is 32.6 Å². The zero-order valence-electron chi connectivity index (χ0n) is 9.28. The molecule has 1 aromatic rings. The average Bonchev–Trinajstić information content (AvgIpc) is 2.27. The second-order valence-corrected chi connectivity index (χ2v) is 5.09. The van der Waals surface area contributed by atoms with Crippen molar-refractivity contribution >= 4 is 15.9 Å². The molecule has 0 spiro atoms. The number of nitrogens with one attached hydrogen (secondary N) is 1. The van der Waals surface area contributed by atoms with Gasteiger partial charge in [-0.3, -0.25) is 4.79 Å². The van der Waals surface area contributed by atoms with Gasteiger partial charge in [0.05, 0.1) is 10.5 Å². The minimum absolute atomic E-state index is 0.0418. The van der Waals surface area contributed by atoms with Gasteiger partial charge in [0.15, 0.2) is 0 Å². The molecule has 0 aliphatic heterocycles. The summed E-state index contributed by atoms with van der Waals surface area (Å²) in [6.07, 6.45) is -4.57. The molecular formula is C10H10F3NO3S. The second-order valence-electron chi connectivity index (χ2n) is 3.40. The third-order valence-electron chi connectivity index (χ3n) is 2.06. The SMILES string of the molecule is CCC(=O)NS(=O)(=O)c1ccc(C(F)(F)F)cc1. The largest absolute Gasteiger partial charge is 0.416 e. The van der Waals surface area contributed by atoms with Gasteiger partial charge in [-0.15, -0.1) is 0 Å². The topological polar surface area (TPSA) is 63.2 Å². The average molecular weight is 281 g/mol. The van der Waals surface area contributed by atoms with Crippen LogP contribution in [0.4, 0.5) is 13.2 Å². The van der Waals surface area contributed by atoms with Gasteiger partial charge >= 0.3 is 6.18 Å². The Hall–Kier alpha value is -1.57. The van der Waals surface area contributed by atoms with E-state index in [1.807, 2.05) is 0 Å². The van der Waals surface area contributed by atoms with Crippen molar-refractivity contribution in [2.45, 2.75) is 24.4 Å². The molecule has 0 aromatic heterocycles. The molecule has 0 aliphatic carbocycles. The lowest BCUT2D eigenvalue weighted by Gasteiger charge is -2.08. The lowest BCUT2D eigenvalue weighted by atomic mass is 10.2. The standard InChI is InChI=1S/C10H10F3NO3S/c1-2-9(15)14-18(16,17)8-5-3-7(4-6-8)10(11,12)13/h3-6H,2H2,1H3,(H,14,15). The summed E-state index contributed by atoms with van der Waals surface area (Å²) < 4.78 is 61.6. The minimum atomic E-state index is -4.53. The van der Waals surface area contributed by atoms with Crippen LogP contribution in [-0.2, 0) is 21.0 Å². The van der Waals surface area contributed by atoms with Crippen molar-refractivity contribution in [2.24, 2.45) is 0 Å². The molecule has 0 bridgehead atoms. The number of carbonyl (C=O) groups excluding carboxylic acids is 1. The molecule has 0 saturated heterocycles. The number of rotatable bonds is 3. The number of hydrogen-bond donors (Lipinski definition) is 1. The summed E-state index contributed by atoms with van der Waals surface area (Å²) in [5.41, 5.74) is -0.955. The molecule has 0 saturated carbocycles. The zero-order chi connectivity index (χ0) is 14.0. The van der Waals surface area contributed by atoms with Crippen LogP contribution in [0.2, 0.25) is 0 Å². The first-order valence-electron chi connectivity index (χ1n) is 4.89. The summed E-state index contributed by atoms with van der Waals surface area (Å²) >= 11 is 0. The van der Waals surface area contributed by atoms with Crippen molar-refractivity contribution in [1.82, 2.24) is 4.72 Å². The van der Waals surface area contributed by atoms with E-state index in [2.05, 4.69) is 0 Å². The van der Waals surface area contributed by atoms with Crippen molar-refractivity contribution < 1.29 is 26.4 Å². The second kappa shape index (κ2) is 4.97. The highest BCUT2D eigenvalue weighted by molar-refractivity contribution is 7.90. The minimum Gasteiger partial charge on any atom is -0.274 e. The monoisotopic (exact) mass is 281 g/mol. The van der Waals surface area contributed by atoms with Crippen LogP contribution in [0, 0.1) is 0 Å². The maximum absolute atomic E-state index is 12.3. The summed E-state index contributed by atoms with van der Waals surface area (Å²) in [5, 5.41) is 0. The predicted molar refractivity (Wildman–Crippen MR) is 57.1 cm³/mol. The van der Waals surface area contributed by atoms with Crippen molar-refractivity contribution in [1.29, 1.82) is 0 Å². The van der Waals surface area contributed by atoms with Crippen LogP contribution in [-0.4, -0.2) is 14.3 Å². The van der Waals surface area contributed by atoms with Crippen LogP contribution in [0.15, 0.2) is 29.2 Å². The lowest BCUT2D eigenvalue weighted by Crippen LogP contribution is -2.29. The molecule has 4 nitrogen and oxygen atoms in total. The van der Waals surface area contributed by atoms with Crippen LogP contribution in [0.5, 0.6) is 0 Å². The number of sulfonamides is 1. The zero-order valence-corrected chi connectivity index (χ0v) is 10.1. The van der Waals surface area contributed by atoms with Crippen molar-refractivity contribution in [3.05, 3.63) is 29.8 Å². The predicted octanol–water partition coefficient (Wildman–Crippen LogP) is 1.92. The summed E-state index contributed by atoms with van der Waals surface area (Å²) in [4.78, 5) is 10.6. The first-order valence-corrected chi connectivity index (χ1v) is 6.38. The Morgan fingerprint density at radius 2 is 1.72 bits per heavy atom. The fourth-order valence-corrected chi connectivity index (χ4v) is 2.16. The third kappa shape index (κ3) is 3.46. The number of amides is 1. The molecular weight excluding hydrogens is 271 g/mol. The van der Waals surface area contributed by atoms with E-state index in [9.17, 15) is 26.4 Å². The Labute approximate surface area is 102 Å². The van der Waals surface area contributed by atoms with Crippen molar-refractivity contribution in [3.63, 3.8) is 0 Å². The Bertz CT molecular complexity index is 534. The number of halogens is 3. The van der Waals surface area contributed by atoms with Gasteiger partial charge in [-0.05, 0) is 24.3 Å². The van der Waals surface area contributed by atoms with Gasteiger partial charge in [-0.1, -0.05) is 6.92 Å². The third-order valence-corrected chi connectivity index (χ3v) is 3.45. The number of alkyl halides is 3. The summed E-state index contributed by atoms with van der Waals surface area (Å²) in [5.74, 6) is -0.727. The molecule has 0 heterocycles. The Morgan fingerprint density at radius 1 is 1.22 bits per heavy atom. The van der Waals surface area contributed by atoms with E-state index in [1.165, 1.54) is 6.92 Å². The van der Waals surface area contributed by atoms with E-state index in [0.717, 1.165) is 12.1 Å². The molecule has 1 rings (SSSR count). The highest BCUT2D eigenvalue weighted by atomic mass is 32.2. The number of carbonyl (C=O) groups is 1. The summed E-state index contributed by atoms with van der Waals surface area (Å²) in [6.45, 7) is 1.46. The molecule has 1 amide bonds. The van der Waals surface area contributed by atoms with Gasteiger partial charge in [-0.25, -0.2) is 13.1 Å². The fraction of sp³-hybridized carbons (Fsp3) is 0.300. The van der Waals surface area contributed by atoms with E-state index >= 15 is 0 Å². The number of benzene rings is 1. The quantitative estimate of drug-likeness (QED) is 0.920.